The zero-order valence-electron chi connectivity index (χ0n) is 9.60. The van der Waals surface area contributed by atoms with E-state index in [4.69, 9.17) is 10.5 Å². The van der Waals surface area contributed by atoms with E-state index in [0.29, 0.717) is 6.61 Å². The molecule has 0 aromatic heterocycles. The van der Waals surface area contributed by atoms with E-state index in [0.717, 1.165) is 23.3 Å². The summed E-state index contributed by atoms with van der Waals surface area (Å²) in [7, 11) is 0. The summed E-state index contributed by atoms with van der Waals surface area (Å²) in [5.74, 6) is 0.956. The molecule has 1 heterocycles. The summed E-state index contributed by atoms with van der Waals surface area (Å²) in [5.41, 5.74) is 9.55. The number of nitrogens with two attached hydrogens (primary N) is 1. The fourth-order valence-corrected chi connectivity index (χ4v) is 2.30. The van der Waals surface area contributed by atoms with Crippen molar-refractivity contribution in [2.24, 2.45) is 5.73 Å². The van der Waals surface area contributed by atoms with Gasteiger partial charge in [0.1, 0.15) is 5.75 Å². The van der Waals surface area contributed by atoms with Gasteiger partial charge in [-0.15, -0.1) is 0 Å². The summed E-state index contributed by atoms with van der Waals surface area (Å²) in [6.45, 7) is 0.706. The Bertz CT molecular complexity index is 522. The van der Waals surface area contributed by atoms with Crippen molar-refractivity contribution in [3.63, 3.8) is 0 Å². The van der Waals surface area contributed by atoms with Crippen LogP contribution < -0.4 is 10.5 Å². The number of benzene rings is 2. The number of hydrogen-bond donors (Lipinski definition) is 1. The standard InChI is InChI=1S/C15H15NO/c16-14-9-10-17-15-12(7-4-8-13(14)15)11-5-2-1-3-6-11/h1-8,14H,9-10,16H2/t14-/m0/s1. The molecule has 0 radical (unpaired) electrons. The Kier molecular flexibility index (Phi) is 2.57. The number of ether oxygens (including phenoxy) is 1. The molecule has 17 heavy (non-hydrogen) atoms. The van der Waals surface area contributed by atoms with Crippen molar-refractivity contribution < 1.29 is 4.74 Å². The van der Waals surface area contributed by atoms with E-state index in [1.54, 1.807) is 0 Å². The van der Waals surface area contributed by atoms with Crippen LogP contribution in [0.4, 0.5) is 0 Å². The minimum atomic E-state index is 0.0995. The molecule has 2 aromatic carbocycles. The summed E-state index contributed by atoms with van der Waals surface area (Å²) in [5, 5.41) is 0. The second-order valence-electron chi connectivity index (χ2n) is 4.33. The van der Waals surface area contributed by atoms with Crippen molar-refractivity contribution in [2.75, 3.05) is 6.61 Å². The van der Waals surface area contributed by atoms with Crippen LogP contribution in [0.5, 0.6) is 5.75 Å². The van der Waals surface area contributed by atoms with E-state index < -0.39 is 0 Å². The van der Waals surface area contributed by atoms with E-state index in [2.05, 4.69) is 30.3 Å². The highest BCUT2D eigenvalue weighted by Crippen LogP contribution is 2.38. The number of hydrogen-bond acceptors (Lipinski definition) is 2. The Morgan fingerprint density at radius 2 is 1.82 bits per heavy atom. The lowest BCUT2D eigenvalue weighted by molar-refractivity contribution is 0.270. The molecule has 0 saturated heterocycles. The molecule has 0 unspecified atom stereocenters. The molecule has 1 aliphatic heterocycles. The maximum atomic E-state index is 6.11. The maximum Gasteiger partial charge on any atom is 0.131 e. The molecule has 1 aliphatic rings. The first-order valence-corrected chi connectivity index (χ1v) is 5.93. The molecule has 2 aromatic rings. The lowest BCUT2D eigenvalue weighted by Crippen LogP contribution is -2.20. The topological polar surface area (TPSA) is 35.2 Å². The maximum absolute atomic E-state index is 6.11. The third-order valence-electron chi connectivity index (χ3n) is 3.21. The Morgan fingerprint density at radius 1 is 1.00 bits per heavy atom. The fourth-order valence-electron chi connectivity index (χ4n) is 2.30. The quantitative estimate of drug-likeness (QED) is 0.809. The van der Waals surface area contributed by atoms with Crippen molar-refractivity contribution >= 4 is 0 Å². The molecule has 86 valence electrons. The average Bonchev–Trinajstić information content (AvgIpc) is 2.40. The Balaban J connectivity index is 2.16. The first-order valence-electron chi connectivity index (χ1n) is 5.93. The van der Waals surface area contributed by atoms with Crippen LogP contribution in [0.25, 0.3) is 11.1 Å². The normalized spacial score (nSPS) is 18.3. The van der Waals surface area contributed by atoms with E-state index in [-0.39, 0.29) is 6.04 Å². The first kappa shape index (κ1) is 10.4. The SMILES string of the molecule is N[C@H]1CCOc2c(-c3ccccc3)cccc21. The molecule has 0 amide bonds. The van der Waals surface area contributed by atoms with Gasteiger partial charge in [-0.3, -0.25) is 0 Å². The molecule has 0 aliphatic carbocycles. The van der Waals surface area contributed by atoms with Crippen LogP contribution in [0.2, 0.25) is 0 Å². The minimum absolute atomic E-state index is 0.0995. The summed E-state index contributed by atoms with van der Waals surface area (Å²) in [4.78, 5) is 0. The highest BCUT2D eigenvalue weighted by Gasteiger charge is 2.20. The predicted molar refractivity (Wildman–Crippen MR) is 68.9 cm³/mol. The monoisotopic (exact) mass is 225 g/mol. The van der Waals surface area contributed by atoms with Crippen molar-refractivity contribution in [1.82, 2.24) is 0 Å². The van der Waals surface area contributed by atoms with Crippen LogP contribution in [0.1, 0.15) is 18.0 Å². The molecular weight excluding hydrogens is 210 g/mol. The van der Waals surface area contributed by atoms with Crippen molar-refractivity contribution in [3.05, 3.63) is 54.1 Å². The number of para-hydroxylation sites is 1. The average molecular weight is 225 g/mol. The summed E-state index contributed by atoms with van der Waals surface area (Å²) in [6.07, 6.45) is 0.894. The van der Waals surface area contributed by atoms with Gasteiger partial charge in [0.15, 0.2) is 0 Å². The van der Waals surface area contributed by atoms with Crippen LogP contribution >= 0.6 is 0 Å². The second-order valence-corrected chi connectivity index (χ2v) is 4.33. The molecule has 1 atom stereocenters. The highest BCUT2D eigenvalue weighted by atomic mass is 16.5. The van der Waals surface area contributed by atoms with Gasteiger partial charge in [-0.25, -0.2) is 0 Å². The van der Waals surface area contributed by atoms with Crippen molar-refractivity contribution in [3.8, 4) is 16.9 Å². The summed E-state index contributed by atoms with van der Waals surface area (Å²) in [6, 6.07) is 16.6. The Labute approximate surface area is 101 Å². The molecule has 2 nitrogen and oxygen atoms in total. The lowest BCUT2D eigenvalue weighted by Gasteiger charge is -2.25. The van der Waals surface area contributed by atoms with Gasteiger partial charge >= 0.3 is 0 Å². The second kappa shape index (κ2) is 4.22. The van der Waals surface area contributed by atoms with E-state index in [1.807, 2.05) is 18.2 Å². The first-order chi connectivity index (χ1) is 8.36. The van der Waals surface area contributed by atoms with Gasteiger partial charge in [0.25, 0.3) is 0 Å². The molecular formula is C15H15NO. The highest BCUT2D eigenvalue weighted by molar-refractivity contribution is 5.72. The van der Waals surface area contributed by atoms with Crippen LogP contribution in [-0.2, 0) is 0 Å². The van der Waals surface area contributed by atoms with Crippen LogP contribution in [0, 0.1) is 0 Å². The van der Waals surface area contributed by atoms with Gasteiger partial charge < -0.3 is 10.5 Å². The number of rotatable bonds is 1. The molecule has 0 bridgehead atoms. The van der Waals surface area contributed by atoms with Gasteiger partial charge in [0.2, 0.25) is 0 Å². The Morgan fingerprint density at radius 3 is 2.65 bits per heavy atom. The zero-order chi connectivity index (χ0) is 11.7. The minimum Gasteiger partial charge on any atom is -0.493 e. The van der Waals surface area contributed by atoms with Crippen LogP contribution in [0.3, 0.4) is 0 Å². The van der Waals surface area contributed by atoms with Gasteiger partial charge in [0.05, 0.1) is 6.61 Å². The molecule has 0 fully saturated rings. The van der Waals surface area contributed by atoms with Crippen molar-refractivity contribution in [2.45, 2.75) is 12.5 Å². The van der Waals surface area contributed by atoms with Gasteiger partial charge in [0, 0.05) is 23.6 Å². The predicted octanol–water partition coefficient (Wildman–Crippen LogP) is 3.14. The lowest BCUT2D eigenvalue weighted by atomic mass is 9.95. The fraction of sp³-hybridized carbons (Fsp3) is 0.200. The van der Waals surface area contributed by atoms with E-state index >= 15 is 0 Å². The third kappa shape index (κ3) is 1.81. The van der Waals surface area contributed by atoms with Gasteiger partial charge in [-0.1, -0.05) is 48.5 Å². The van der Waals surface area contributed by atoms with Crippen LogP contribution in [0.15, 0.2) is 48.5 Å². The molecule has 3 rings (SSSR count). The smallest absolute Gasteiger partial charge is 0.131 e. The Hall–Kier alpha value is -1.80. The van der Waals surface area contributed by atoms with Crippen LogP contribution in [-0.4, -0.2) is 6.61 Å². The molecule has 0 saturated carbocycles. The van der Waals surface area contributed by atoms with Gasteiger partial charge in [-0.2, -0.15) is 0 Å². The summed E-state index contributed by atoms with van der Waals surface area (Å²) >= 11 is 0. The van der Waals surface area contributed by atoms with E-state index in [9.17, 15) is 0 Å². The zero-order valence-corrected chi connectivity index (χ0v) is 9.60. The molecule has 0 spiro atoms. The van der Waals surface area contributed by atoms with E-state index in [1.165, 1.54) is 5.56 Å². The molecule has 2 N–H and O–H groups in total. The van der Waals surface area contributed by atoms with Crippen molar-refractivity contribution in [1.29, 1.82) is 0 Å². The summed E-state index contributed by atoms with van der Waals surface area (Å²) < 4.78 is 5.80. The number of fused-ring (bicyclic) bond motifs is 1. The molecule has 2 heteroatoms. The van der Waals surface area contributed by atoms with Gasteiger partial charge in [-0.05, 0) is 5.56 Å². The largest absolute Gasteiger partial charge is 0.493 e. The third-order valence-corrected chi connectivity index (χ3v) is 3.21.